The van der Waals surface area contributed by atoms with Gasteiger partial charge in [-0.1, -0.05) is 6.92 Å². The molecule has 2 rings (SSSR count). The molecule has 0 aliphatic carbocycles. The van der Waals surface area contributed by atoms with Crippen molar-refractivity contribution in [3.05, 3.63) is 11.1 Å². The largest absolute Gasteiger partial charge is 0.380 e. The van der Waals surface area contributed by atoms with E-state index < -0.39 is 0 Å². The average Bonchev–Trinajstić information content (AvgIpc) is 2.88. The lowest BCUT2D eigenvalue weighted by Gasteiger charge is -2.31. The van der Waals surface area contributed by atoms with Crippen molar-refractivity contribution in [3.8, 4) is 0 Å². The van der Waals surface area contributed by atoms with Gasteiger partial charge in [0.05, 0.1) is 11.8 Å². The van der Waals surface area contributed by atoms with Gasteiger partial charge in [0.15, 0.2) is 5.13 Å². The molecule has 1 atom stereocenters. The topological polar surface area (TPSA) is 37.4 Å². The smallest absolute Gasteiger partial charge is 0.185 e. The highest BCUT2D eigenvalue weighted by molar-refractivity contribution is 7.13. The molecule has 1 N–H and O–H groups in total. The lowest BCUT2D eigenvalue weighted by atomic mass is 10.1. The highest BCUT2D eigenvalue weighted by Gasteiger charge is 2.21. The van der Waals surface area contributed by atoms with Crippen LogP contribution < -0.4 is 10.2 Å². The van der Waals surface area contributed by atoms with Crippen LogP contribution in [-0.4, -0.2) is 37.8 Å². The molecule has 1 aliphatic heterocycles. The standard InChI is InChI=1S/C13H23N3OS/c1-3-6-14-8-11-10-18-13(15-11)16-7-4-5-12(9-16)17-2/h10,12,14H,3-9H2,1-2H3. The van der Waals surface area contributed by atoms with Gasteiger partial charge < -0.3 is 15.0 Å². The van der Waals surface area contributed by atoms with E-state index in [9.17, 15) is 0 Å². The van der Waals surface area contributed by atoms with Gasteiger partial charge in [0.25, 0.3) is 0 Å². The van der Waals surface area contributed by atoms with Gasteiger partial charge in [-0.3, -0.25) is 0 Å². The highest BCUT2D eigenvalue weighted by Crippen LogP contribution is 2.24. The molecule has 102 valence electrons. The third-order valence-corrected chi connectivity index (χ3v) is 4.20. The summed E-state index contributed by atoms with van der Waals surface area (Å²) in [5.41, 5.74) is 1.16. The van der Waals surface area contributed by atoms with Crippen LogP contribution in [0.1, 0.15) is 31.9 Å². The van der Waals surface area contributed by atoms with Crippen LogP contribution in [0, 0.1) is 0 Å². The number of nitrogens with one attached hydrogen (secondary N) is 1. The van der Waals surface area contributed by atoms with Crippen molar-refractivity contribution in [1.29, 1.82) is 0 Å². The van der Waals surface area contributed by atoms with Crippen molar-refractivity contribution < 1.29 is 4.74 Å². The van der Waals surface area contributed by atoms with Crippen LogP contribution in [0.4, 0.5) is 5.13 Å². The fourth-order valence-electron chi connectivity index (χ4n) is 2.22. The summed E-state index contributed by atoms with van der Waals surface area (Å²) >= 11 is 1.75. The van der Waals surface area contributed by atoms with Gasteiger partial charge in [-0.15, -0.1) is 11.3 Å². The van der Waals surface area contributed by atoms with Crippen LogP contribution in [0.25, 0.3) is 0 Å². The predicted molar refractivity (Wildman–Crippen MR) is 76.4 cm³/mol. The minimum Gasteiger partial charge on any atom is -0.380 e. The first-order valence-electron chi connectivity index (χ1n) is 6.76. The summed E-state index contributed by atoms with van der Waals surface area (Å²) in [6.45, 7) is 6.20. The second kappa shape index (κ2) is 7.07. The Hall–Kier alpha value is -0.650. The Balaban J connectivity index is 1.88. The summed E-state index contributed by atoms with van der Waals surface area (Å²) in [4.78, 5) is 7.05. The SMILES string of the molecule is CCCNCc1csc(N2CCCC(OC)C2)n1. The van der Waals surface area contributed by atoms with Crippen molar-refractivity contribution in [1.82, 2.24) is 10.3 Å². The maximum atomic E-state index is 5.45. The quantitative estimate of drug-likeness (QED) is 0.804. The molecular weight excluding hydrogens is 246 g/mol. The summed E-state index contributed by atoms with van der Waals surface area (Å²) in [6, 6.07) is 0. The second-order valence-electron chi connectivity index (χ2n) is 4.74. The van der Waals surface area contributed by atoms with E-state index in [0.29, 0.717) is 6.10 Å². The van der Waals surface area contributed by atoms with Crippen LogP contribution in [0.2, 0.25) is 0 Å². The molecule has 0 amide bonds. The van der Waals surface area contributed by atoms with Crippen molar-refractivity contribution in [2.45, 2.75) is 38.8 Å². The molecule has 18 heavy (non-hydrogen) atoms. The number of aromatic nitrogens is 1. The number of methoxy groups -OCH3 is 1. The van der Waals surface area contributed by atoms with Crippen LogP contribution in [-0.2, 0) is 11.3 Å². The number of anilines is 1. The Bertz CT molecular complexity index is 356. The van der Waals surface area contributed by atoms with E-state index in [1.54, 1.807) is 18.4 Å². The average molecular weight is 269 g/mol. The first kappa shape index (κ1) is 13.8. The Morgan fingerprint density at radius 1 is 1.61 bits per heavy atom. The van der Waals surface area contributed by atoms with E-state index in [-0.39, 0.29) is 0 Å². The van der Waals surface area contributed by atoms with Crippen LogP contribution in [0.15, 0.2) is 5.38 Å². The molecule has 1 fully saturated rings. The van der Waals surface area contributed by atoms with Gasteiger partial charge in [-0.05, 0) is 25.8 Å². The fraction of sp³-hybridized carbons (Fsp3) is 0.769. The Morgan fingerprint density at radius 3 is 3.28 bits per heavy atom. The number of nitrogens with zero attached hydrogens (tertiary/aromatic N) is 2. The minimum atomic E-state index is 0.365. The molecule has 1 aliphatic rings. The van der Waals surface area contributed by atoms with E-state index in [0.717, 1.165) is 37.0 Å². The second-order valence-corrected chi connectivity index (χ2v) is 5.58. The summed E-state index contributed by atoms with van der Waals surface area (Å²) in [5, 5.41) is 6.69. The predicted octanol–water partition coefficient (Wildman–Crippen LogP) is 2.26. The highest BCUT2D eigenvalue weighted by atomic mass is 32.1. The van der Waals surface area contributed by atoms with E-state index in [2.05, 4.69) is 22.5 Å². The van der Waals surface area contributed by atoms with Crippen molar-refractivity contribution >= 4 is 16.5 Å². The Labute approximate surface area is 113 Å². The Morgan fingerprint density at radius 2 is 2.50 bits per heavy atom. The monoisotopic (exact) mass is 269 g/mol. The molecule has 1 unspecified atom stereocenters. The van der Waals surface area contributed by atoms with Crippen LogP contribution >= 0.6 is 11.3 Å². The van der Waals surface area contributed by atoms with Crippen LogP contribution in [0.5, 0.6) is 0 Å². The summed E-state index contributed by atoms with van der Waals surface area (Å²) in [6.07, 6.45) is 3.90. The first-order chi connectivity index (χ1) is 8.83. The lowest BCUT2D eigenvalue weighted by Crippen LogP contribution is -2.39. The van der Waals surface area contributed by atoms with Gasteiger partial charge >= 0.3 is 0 Å². The van der Waals surface area contributed by atoms with Crippen LogP contribution in [0.3, 0.4) is 0 Å². The fourth-order valence-corrected chi connectivity index (χ4v) is 3.08. The molecule has 2 heterocycles. The number of thiazole rings is 1. The molecule has 1 saturated heterocycles. The van der Waals surface area contributed by atoms with Gasteiger partial charge in [-0.25, -0.2) is 4.98 Å². The molecule has 4 nitrogen and oxygen atoms in total. The van der Waals surface area contributed by atoms with Crippen molar-refractivity contribution in [3.63, 3.8) is 0 Å². The van der Waals surface area contributed by atoms with Gasteiger partial charge in [0.1, 0.15) is 0 Å². The zero-order valence-electron chi connectivity index (χ0n) is 11.3. The first-order valence-corrected chi connectivity index (χ1v) is 7.64. The van der Waals surface area contributed by atoms with Gasteiger partial charge in [-0.2, -0.15) is 0 Å². The molecule has 0 aromatic carbocycles. The zero-order valence-corrected chi connectivity index (χ0v) is 12.1. The number of piperidine rings is 1. The molecule has 1 aromatic heterocycles. The number of hydrogen-bond donors (Lipinski definition) is 1. The molecule has 0 radical (unpaired) electrons. The molecule has 5 heteroatoms. The van der Waals surface area contributed by atoms with Gasteiger partial charge in [0.2, 0.25) is 0 Å². The maximum absolute atomic E-state index is 5.45. The number of ether oxygens (including phenoxy) is 1. The third kappa shape index (κ3) is 3.67. The maximum Gasteiger partial charge on any atom is 0.185 e. The van der Waals surface area contributed by atoms with E-state index in [1.165, 1.54) is 19.3 Å². The number of hydrogen-bond acceptors (Lipinski definition) is 5. The molecule has 1 aromatic rings. The Kier molecular flexibility index (Phi) is 5.41. The number of rotatable bonds is 6. The molecular formula is C13H23N3OS. The van der Waals surface area contributed by atoms with Crippen molar-refractivity contribution in [2.24, 2.45) is 0 Å². The summed E-state index contributed by atoms with van der Waals surface area (Å²) in [5.74, 6) is 0. The van der Waals surface area contributed by atoms with E-state index in [4.69, 9.17) is 9.72 Å². The molecule has 0 spiro atoms. The molecule has 0 saturated carbocycles. The van der Waals surface area contributed by atoms with Crippen molar-refractivity contribution in [2.75, 3.05) is 31.6 Å². The minimum absolute atomic E-state index is 0.365. The van der Waals surface area contributed by atoms with E-state index in [1.807, 2.05) is 0 Å². The van der Waals surface area contributed by atoms with Gasteiger partial charge in [0, 0.05) is 32.1 Å². The summed E-state index contributed by atoms with van der Waals surface area (Å²) in [7, 11) is 1.80. The molecule has 0 bridgehead atoms. The zero-order chi connectivity index (χ0) is 12.8. The third-order valence-electron chi connectivity index (χ3n) is 3.25. The lowest BCUT2D eigenvalue weighted by molar-refractivity contribution is 0.0893. The summed E-state index contributed by atoms with van der Waals surface area (Å²) < 4.78 is 5.45. The van der Waals surface area contributed by atoms with E-state index >= 15 is 0 Å². The normalized spacial score (nSPS) is 20.3.